The number of nitrogen functional groups attached to an aromatic ring is 1. The lowest BCUT2D eigenvalue weighted by Crippen LogP contribution is -2.39. The fraction of sp³-hybridized carbons (Fsp3) is 0.667. The van der Waals surface area contributed by atoms with Crippen LogP contribution in [0, 0.1) is 0 Å². The first-order chi connectivity index (χ1) is 10.0. The Bertz CT molecular complexity index is 503. The van der Waals surface area contributed by atoms with Gasteiger partial charge in [-0.2, -0.15) is 0 Å². The van der Waals surface area contributed by atoms with Gasteiger partial charge in [-0.05, 0) is 19.8 Å². The largest absolute Gasteiger partial charge is 0.335 e. The van der Waals surface area contributed by atoms with E-state index in [0.717, 1.165) is 19.4 Å². The summed E-state index contributed by atoms with van der Waals surface area (Å²) in [4.78, 5) is 23.5. The minimum atomic E-state index is -0.0540. The van der Waals surface area contributed by atoms with E-state index in [0.29, 0.717) is 17.2 Å². The first kappa shape index (κ1) is 15.7. The summed E-state index contributed by atoms with van der Waals surface area (Å²) in [6.45, 7) is 6.90. The normalized spacial score (nSPS) is 19.5. The van der Waals surface area contributed by atoms with Crippen LogP contribution in [0.2, 0.25) is 0 Å². The van der Waals surface area contributed by atoms with Crippen LogP contribution >= 0.6 is 0 Å². The minimum absolute atomic E-state index is 0.0540. The molecule has 0 radical (unpaired) electrons. The highest BCUT2D eigenvalue weighted by Crippen LogP contribution is 2.22. The van der Waals surface area contributed by atoms with Gasteiger partial charge in [0.2, 0.25) is 0 Å². The molecule has 2 heterocycles. The Balaban J connectivity index is 2.33. The molecule has 2 rings (SSSR count). The summed E-state index contributed by atoms with van der Waals surface area (Å²) in [5.41, 5.74) is 3.41. The van der Waals surface area contributed by atoms with Crippen LogP contribution in [0.3, 0.4) is 0 Å². The number of anilines is 1. The third kappa shape index (κ3) is 3.50. The van der Waals surface area contributed by atoms with Crippen LogP contribution in [0.5, 0.6) is 0 Å². The van der Waals surface area contributed by atoms with Crippen molar-refractivity contribution >= 4 is 11.6 Å². The molecule has 1 aliphatic heterocycles. The highest BCUT2D eigenvalue weighted by atomic mass is 16.2. The Morgan fingerprint density at radius 3 is 2.86 bits per heavy atom. The smallest absolute Gasteiger partial charge is 0.275 e. The summed E-state index contributed by atoms with van der Waals surface area (Å²) in [7, 11) is 0. The lowest BCUT2D eigenvalue weighted by molar-refractivity contribution is 0.0692. The topological polar surface area (TPSA) is 84.1 Å². The van der Waals surface area contributed by atoms with Gasteiger partial charge in [-0.3, -0.25) is 10.6 Å². The summed E-state index contributed by atoms with van der Waals surface area (Å²) in [6, 6.07) is 0.239. The maximum absolute atomic E-state index is 12.9. The Kier molecular flexibility index (Phi) is 5.12. The highest BCUT2D eigenvalue weighted by molar-refractivity contribution is 5.97. The zero-order valence-electron chi connectivity index (χ0n) is 13.1. The molecular formula is C15H25N5O. The standard InChI is InChI=1S/C15H25N5O/c1-10(2)14-17-9-12(19-16)13(18-14)15(21)20-8-6-4-5-7-11(20)3/h9-11,19H,4-8,16H2,1-3H3. The summed E-state index contributed by atoms with van der Waals surface area (Å²) in [6.07, 6.45) is 6.03. The van der Waals surface area contributed by atoms with Crippen LogP contribution in [0.1, 0.15) is 68.7 Å². The van der Waals surface area contributed by atoms with Crippen molar-refractivity contribution in [2.24, 2.45) is 5.84 Å². The number of hydrogen-bond donors (Lipinski definition) is 2. The molecular weight excluding hydrogens is 266 g/mol. The van der Waals surface area contributed by atoms with Gasteiger partial charge in [-0.1, -0.05) is 26.7 Å². The van der Waals surface area contributed by atoms with Crippen molar-refractivity contribution in [1.29, 1.82) is 0 Å². The number of carbonyl (C=O) groups is 1. The van der Waals surface area contributed by atoms with Gasteiger partial charge in [0.15, 0.2) is 5.69 Å². The maximum atomic E-state index is 12.9. The second-order valence-corrected chi connectivity index (χ2v) is 5.99. The molecule has 1 aromatic heterocycles. The van der Waals surface area contributed by atoms with E-state index in [1.807, 2.05) is 18.7 Å². The van der Waals surface area contributed by atoms with Gasteiger partial charge >= 0.3 is 0 Å². The third-order valence-electron chi connectivity index (χ3n) is 4.00. The number of hydrogen-bond acceptors (Lipinski definition) is 5. The molecule has 21 heavy (non-hydrogen) atoms. The van der Waals surface area contributed by atoms with Crippen molar-refractivity contribution in [2.45, 2.75) is 58.4 Å². The number of nitrogens with one attached hydrogen (secondary N) is 1. The molecule has 1 unspecified atom stereocenters. The van der Waals surface area contributed by atoms with Gasteiger partial charge in [0, 0.05) is 18.5 Å². The zero-order chi connectivity index (χ0) is 15.4. The Morgan fingerprint density at radius 2 is 2.19 bits per heavy atom. The number of nitrogens with zero attached hydrogens (tertiary/aromatic N) is 3. The van der Waals surface area contributed by atoms with E-state index in [2.05, 4.69) is 22.3 Å². The lowest BCUT2D eigenvalue weighted by Gasteiger charge is -2.27. The van der Waals surface area contributed by atoms with E-state index in [1.54, 1.807) is 6.20 Å². The number of rotatable bonds is 3. The predicted molar refractivity (Wildman–Crippen MR) is 82.9 cm³/mol. The Labute approximate surface area is 126 Å². The lowest BCUT2D eigenvalue weighted by atomic mass is 10.1. The van der Waals surface area contributed by atoms with E-state index in [-0.39, 0.29) is 17.9 Å². The van der Waals surface area contributed by atoms with E-state index >= 15 is 0 Å². The molecule has 0 aromatic carbocycles. The molecule has 116 valence electrons. The number of amides is 1. The van der Waals surface area contributed by atoms with Crippen molar-refractivity contribution in [2.75, 3.05) is 12.0 Å². The molecule has 0 saturated carbocycles. The van der Waals surface area contributed by atoms with Crippen LogP contribution in [-0.2, 0) is 0 Å². The van der Waals surface area contributed by atoms with Gasteiger partial charge in [-0.25, -0.2) is 9.97 Å². The average Bonchev–Trinajstić information content (AvgIpc) is 2.70. The number of aromatic nitrogens is 2. The fourth-order valence-electron chi connectivity index (χ4n) is 2.65. The van der Waals surface area contributed by atoms with Gasteiger partial charge < -0.3 is 10.3 Å². The van der Waals surface area contributed by atoms with Gasteiger partial charge in [-0.15, -0.1) is 0 Å². The van der Waals surface area contributed by atoms with Crippen LogP contribution in [0.15, 0.2) is 6.20 Å². The molecule has 0 aliphatic carbocycles. The molecule has 1 fully saturated rings. The molecule has 6 nitrogen and oxygen atoms in total. The number of likely N-dealkylation sites (tertiary alicyclic amines) is 1. The fourth-order valence-corrected chi connectivity index (χ4v) is 2.65. The third-order valence-corrected chi connectivity index (χ3v) is 4.00. The molecule has 1 aromatic rings. The summed E-state index contributed by atoms with van der Waals surface area (Å²) in [5, 5.41) is 0. The van der Waals surface area contributed by atoms with Crippen molar-refractivity contribution < 1.29 is 4.79 Å². The highest BCUT2D eigenvalue weighted by Gasteiger charge is 2.26. The molecule has 3 N–H and O–H groups in total. The van der Waals surface area contributed by atoms with Gasteiger partial charge in [0.1, 0.15) is 5.82 Å². The van der Waals surface area contributed by atoms with Crippen LogP contribution in [0.25, 0.3) is 0 Å². The van der Waals surface area contributed by atoms with Crippen molar-refractivity contribution in [3.63, 3.8) is 0 Å². The minimum Gasteiger partial charge on any atom is -0.335 e. The van der Waals surface area contributed by atoms with Gasteiger partial charge in [0.05, 0.1) is 11.9 Å². The van der Waals surface area contributed by atoms with E-state index in [9.17, 15) is 4.79 Å². The predicted octanol–water partition coefficient (Wildman–Crippen LogP) is 2.29. The summed E-state index contributed by atoms with van der Waals surface area (Å²) >= 11 is 0. The van der Waals surface area contributed by atoms with E-state index in [1.165, 1.54) is 12.8 Å². The SMILES string of the molecule is CC(C)c1ncc(NN)c(C(=O)N2CCCCCC2C)n1. The molecule has 1 saturated heterocycles. The monoisotopic (exact) mass is 291 g/mol. The number of carbonyl (C=O) groups excluding carboxylic acids is 1. The second kappa shape index (κ2) is 6.85. The van der Waals surface area contributed by atoms with E-state index in [4.69, 9.17) is 5.84 Å². The quantitative estimate of drug-likeness (QED) is 0.659. The molecule has 6 heteroatoms. The number of hydrazine groups is 1. The first-order valence-corrected chi connectivity index (χ1v) is 7.69. The molecule has 0 spiro atoms. The first-order valence-electron chi connectivity index (χ1n) is 7.69. The molecule has 1 aliphatic rings. The van der Waals surface area contributed by atoms with E-state index < -0.39 is 0 Å². The van der Waals surface area contributed by atoms with Crippen molar-refractivity contribution in [3.05, 3.63) is 17.7 Å². The van der Waals surface area contributed by atoms with Crippen LogP contribution in [0.4, 0.5) is 5.69 Å². The van der Waals surface area contributed by atoms with Crippen molar-refractivity contribution in [3.8, 4) is 0 Å². The second-order valence-electron chi connectivity index (χ2n) is 5.99. The Morgan fingerprint density at radius 1 is 1.43 bits per heavy atom. The summed E-state index contributed by atoms with van der Waals surface area (Å²) < 4.78 is 0. The van der Waals surface area contributed by atoms with Crippen LogP contribution in [-0.4, -0.2) is 33.4 Å². The molecule has 0 bridgehead atoms. The Hall–Kier alpha value is -1.69. The molecule has 1 atom stereocenters. The van der Waals surface area contributed by atoms with Gasteiger partial charge in [0.25, 0.3) is 5.91 Å². The zero-order valence-corrected chi connectivity index (χ0v) is 13.1. The molecule has 1 amide bonds. The average molecular weight is 291 g/mol. The maximum Gasteiger partial charge on any atom is 0.275 e. The summed E-state index contributed by atoms with van der Waals surface area (Å²) in [5.74, 6) is 6.29. The van der Waals surface area contributed by atoms with Crippen molar-refractivity contribution in [1.82, 2.24) is 14.9 Å². The van der Waals surface area contributed by atoms with Crippen LogP contribution < -0.4 is 11.3 Å². The number of nitrogens with two attached hydrogens (primary N) is 1.